The van der Waals surface area contributed by atoms with Crippen LogP contribution in [0.1, 0.15) is 26.2 Å². The van der Waals surface area contributed by atoms with E-state index in [-0.39, 0.29) is 24.1 Å². The number of amides is 1. The fraction of sp³-hybridized carbons (Fsp3) is 0.444. The summed E-state index contributed by atoms with van der Waals surface area (Å²) in [4.78, 5) is 28.5. The molecule has 0 saturated carbocycles. The zero-order chi connectivity index (χ0) is 20.3. The van der Waals surface area contributed by atoms with Gasteiger partial charge in [0.25, 0.3) is 5.56 Å². The van der Waals surface area contributed by atoms with Crippen molar-refractivity contribution in [2.45, 2.75) is 44.9 Å². The van der Waals surface area contributed by atoms with Crippen molar-refractivity contribution in [3.63, 3.8) is 0 Å². The fourth-order valence-corrected chi connectivity index (χ4v) is 3.66. The second-order valence-electron chi connectivity index (χ2n) is 6.78. The molecular formula is C18H21BrClN5O3. The lowest BCUT2D eigenvalue weighted by Crippen LogP contribution is -2.46. The second-order valence-corrected chi connectivity index (χ2v) is 8.04. The summed E-state index contributed by atoms with van der Waals surface area (Å²) in [7, 11) is 0. The summed E-state index contributed by atoms with van der Waals surface area (Å²) in [6, 6.07) is 3.08. The van der Waals surface area contributed by atoms with Gasteiger partial charge in [-0.2, -0.15) is 5.10 Å². The number of aromatic nitrogens is 2. The first-order valence-electron chi connectivity index (χ1n) is 8.93. The molecule has 3 rings (SSSR count). The van der Waals surface area contributed by atoms with E-state index in [0.717, 1.165) is 13.0 Å². The van der Waals surface area contributed by atoms with Gasteiger partial charge < -0.3 is 10.4 Å². The third-order valence-electron chi connectivity index (χ3n) is 4.59. The number of benzene rings is 1. The summed E-state index contributed by atoms with van der Waals surface area (Å²) in [5.41, 5.74) is 3.25. The molecule has 1 aliphatic heterocycles. The van der Waals surface area contributed by atoms with Crippen molar-refractivity contribution in [1.82, 2.24) is 20.3 Å². The van der Waals surface area contributed by atoms with Crippen molar-refractivity contribution in [3.8, 4) is 0 Å². The van der Waals surface area contributed by atoms with Crippen LogP contribution in [0.3, 0.4) is 0 Å². The Balaban J connectivity index is 1.90. The molecule has 10 heteroatoms. The Morgan fingerprint density at radius 2 is 2.32 bits per heavy atom. The van der Waals surface area contributed by atoms with Crippen LogP contribution in [0.4, 0.5) is 0 Å². The number of hydrogen-bond donors (Lipinski definition) is 3. The van der Waals surface area contributed by atoms with Gasteiger partial charge in [0.2, 0.25) is 5.91 Å². The monoisotopic (exact) mass is 469 g/mol. The lowest BCUT2D eigenvalue weighted by atomic mass is 9.96. The number of aliphatic hydroxyl groups is 1. The predicted octanol–water partition coefficient (Wildman–Crippen LogP) is 1.81. The Kier molecular flexibility index (Phi) is 6.82. The highest BCUT2D eigenvalue weighted by Gasteiger charge is 2.24. The zero-order valence-electron chi connectivity index (χ0n) is 15.3. The SMILES string of the molecule is CC(=O)N/N=C(/CC1NCCC[C@H]1O)Cn1cnc2cc(Br)c(Cl)cc2c1=O. The summed E-state index contributed by atoms with van der Waals surface area (Å²) < 4.78 is 2.08. The van der Waals surface area contributed by atoms with Crippen LogP contribution in [-0.2, 0) is 11.3 Å². The molecule has 0 bridgehead atoms. The van der Waals surface area contributed by atoms with E-state index >= 15 is 0 Å². The van der Waals surface area contributed by atoms with Crippen LogP contribution >= 0.6 is 27.5 Å². The molecule has 0 spiro atoms. The van der Waals surface area contributed by atoms with Gasteiger partial charge in [-0.15, -0.1) is 0 Å². The minimum atomic E-state index is -0.501. The fourth-order valence-electron chi connectivity index (χ4n) is 3.16. The molecule has 1 aromatic heterocycles. The topological polar surface area (TPSA) is 109 Å². The van der Waals surface area contributed by atoms with Gasteiger partial charge in [0.05, 0.1) is 40.6 Å². The van der Waals surface area contributed by atoms with Crippen molar-refractivity contribution in [2.24, 2.45) is 5.10 Å². The molecule has 3 N–H and O–H groups in total. The van der Waals surface area contributed by atoms with E-state index in [9.17, 15) is 14.7 Å². The molecule has 1 aromatic carbocycles. The van der Waals surface area contributed by atoms with Crippen LogP contribution in [0, 0.1) is 0 Å². The summed E-state index contributed by atoms with van der Waals surface area (Å²) in [6.07, 6.45) is 2.95. The van der Waals surface area contributed by atoms with Gasteiger partial charge in [-0.05, 0) is 47.4 Å². The average Bonchev–Trinajstić information content (AvgIpc) is 2.65. The molecule has 0 radical (unpaired) electrons. The molecule has 1 unspecified atom stereocenters. The number of fused-ring (bicyclic) bond motifs is 1. The van der Waals surface area contributed by atoms with Gasteiger partial charge in [0.15, 0.2) is 0 Å². The molecule has 8 nitrogen and oxygen atoms in total. The van der Waals surface area contributed by atoms with Crippen LogP contribution in [-0.4, -0.2) is 45.0 Å². The largest absolute Gasteiger partial charge is 0.391 e. The van der Waals surface area contributed by atoms with Gasteiger partial charge in [-0.3, -0.25) is 14.2 Å². The van der Waals surface area contributed by atoms with Crippen molar-refractivity contribution in [1.29, 1.82) is 0 Å². The van der Waals surface area contributed by atoms with Crippen molar-refractivity contribution in [2.75, 3.05) is 6.54 Å². The molecule has 1 amide bonds. The predicted molar refractivity (Wildman–Crippen MR) is 112 cm³/mol. The number of nitrogens with zero attached hydrogens (tertiary/aromatic N) is 3. The number of hydrazone groups is 1. The first kappa shape index (κ1) is 20.9. The Bertz CT molecular complexity index is 978. The summed E-state index contributed by atoms with van der Waals surface area (Å²) in [5.74, 6) is -0.310. The Labute approximate surface area is 175 Å². The first-order chi connectivity index (χ1) is 13.3. The highest BCUT2D eigenvalue weighted by Crippen LogP contribution is 2.25. The zero-order valence-corrected chi connectivity index (χ0v) is 17.6. The smallest absolute Gasteiger partial charge is 0.261 e. The van der Waals surface area contributed by atoms with Crippen LogP contribution in [0.25, 0.3) is 10.9 Å². The van der Waals surface area contributed by atoms with Crippen LogP contribution in [0.15, 0.2) is 32.8 Å². The maximum atomic E-state index is 12.9. The lowest BCUT2D eigenvalue weighted by Gasteiger charge is -2.29. The molecule has 0 aliphatic carbocycles. The highest BCUT2D eigenvalue weighted by atomic mass is 79.9. The number of rotatable bonds is 5. The first-order valence-corrected chi connectivity index (χ1v) is 10.1. The number of piperidine rings is 1. The number of carbonyl (C=O) groups is 1. The Morgan fingerprint density at radius 3 is 3.04 bits per heavy atom. The third kappa shape index (κ3) is 4.96. The average molecular weight is 471 g/mol. The maximum Gasteiger partial charge on any atom is 0.261 e. The number of carbonyl (C=O) groups excluding carboxylic acids is 1. The van der Waals surface area contributed by atoms with E-state index in [0.29, 0.717) is 39.0 Å². The molecular weight excluding hydrogens is 450 g/mol. The molecule has 1 saturated heterocycles. The number of hydrogen-bond acceptors (Lipinski definition) is 6. The van der Waals surface area contributed by atoms with Gasteiger partial charge in [0, 0.05) is 23.9 Å². The minimum absolute atomic E-state index is 0.140. The van der Waals surface area contributed by atoms with E-state index in [4.69, 9.17) is 11.6 Å². The van der Waals surface area contributed by atoms with E-state index in [2.05, 4.69) is 36.8 Å². The normalized spacial score (nSPS) is 20.4. The van der Waals surface area contributed by atoms with Gasteiger partial charge in [-0.1, -0.05) is 11.6 Å². The second kappa shape index (κ2) is 9.13. The molecule has 2 heterocycles. The molecule has 28 heavy (non-hydrogen) atoms. The summed E-state index contributed by atoms with van der Waals surface area (Å²) in [5, 5.41) is 18.4. The van der Waals surface area contributed by atoms with E-state index < -0.39 is 6.10 Å². The quantitative estimate of drug-likeness (QED) is 0.456. The Hall–Kier alpha value is -1.81. The Morgan fingerprint density at radius 1 is 1.54 bits per heavy atom. The van der Waals surface area contributed by atoms with Crippen molar-refractivity contribution >= 4 is 50.1 Å². The number of aliphatic hydroxyl groups excluding tert-OH is 1. The number of halogens is 2. The van der Waals surface area contributed by atoms with Crippen LogP contribution in [0.5, 0.6) is 0 Å². The van der Waals surface area contributed by atoms with Crippen molar-refractivity contribution in [3.05, 3.63) is 38.3 Å². The van der Waals surface area contributed by atoms with Gasteiger partial charge in [-0.25, -0.2) is 10.4 Å². The molecule has 1 fully saturated rings. The molecule has 2 atom stereocenters. The third-order valence-corrected chi connectivity index (χ3v) is 5.79. The van der Waals surface area contributed by atoms with Crippen LogP contribution < -0.4 is 16.3 Å². The van der Waals surface area contributed by atoms with E-state index in [1.807, 2.05) is 0 Å². The number of nitrogens with one attached hydrogen (secondary N) is 2. The molecule has 150 valence electrons. The molecule has 1 aliphatic rings. The van der Waals surface area contributed by atoms with Crippen LogP contribution in [0.2, 0.25) is 5.02 Å². The van der Waals surface area contributed by atoms with E-state index in [1.54, 1.807) is 12.1 Å². The maximum absolute atomic E-state index is 12.9. The highest BCUT2D eigenvalue weighted by molar-refractivity contribution is 9.10. The minimum Gasteiger partial charge on any atom is -0.391 e. The lowest BCUT2D eigenvalue weighted by molar-refractivity contribution is -0.118. The van der Waals surface area contributed by atoms with E-state index in [1.165, 1.54) is 17.8 Å². The molecule has 2 aromatic rings. The van der Waals surface area contributed by atoms with Crippen molar-refractivity contribution < 1.29 is 9.90 Å². The standard InChI is InChI=1S/C18H21BrClN5O3/c1-10(26)23-24-11(5-16-17(27)3-2-4-21-16)8-25-9-22-15-7-13(19)14(20)6-12(15)18(25)28/h6-7,9,16-17,21,27H,2-5,8H2,1H3,(H,23,26)/b24-11-/t16?,17-/m1/s1. The van der Waals surface area contributed by atoms with Gasteiger partial charge in [0.1, 0.15) is 0 Å². The van der Waals surface area contributed by atoms with Gasteiger partial charge >= 0.3 is 0 Å². The summed E-state index contributed by atoms with van der Waals surface area (Å²) >= 11 is 9.44. The summed E-state index contributed by atoms with van der Waals surface area (Å²) in [6.45, 7) is 2.30.